The molecule has 0 aliphatic carbocycles. The highest BCUT2D eigenvalue weighted by Crippen LogP contribution is 2.24. The topological polar surface area (TPSA) is 73.9 Å². The van der Waals surface area contributed by atoms with Gasteiger partial charge in [-0.15, -0.1) is 0 Å². The van der Waals surface area contributed by atoms with Crippen LogP contribution in [0, 0.1) is 6.92 Å². The normalized spacial score (nSPS) is 10.3. The van der Waals surface area contributed by atoms with Crippen LogP contribution in [0.2, 0.25) is 0 Å². The lowest BCUT2D eigenvalue weighted by atomic mass is 10.1. The number of nitrogens with one attached hydrogen (secondary N) is 1. The van der Waals surface area contributed by atoms with E-state index in [1.165, 1.54) is 7.11 Å². The van der Waals surface area contributed by atoms with Crippen LogP contribution in [0.1, 0.15) is 38.8 Å². The molecule has 0 bridgehead atoms. The second kappa shape index (κ2) is 10.3. The number of aryl methyl sites for hydroxylation is 1. The van der Waals surface area contributed by atoms with Gasteiger partial charge in [-0.25, -0.2) is 4.79 Å². The van der Waals surface area contributed by atoms with Crippen LogP contribution in [0.5, 0.6) is 11.5 Å². The van der Waals surface area contributed by atoms with E-state index in [-0.39, 0.29) is 12.5 Å². The number of esters is 1. The van der Waals surface area contributed by atoms with Crippen LogP contribution in [0.25, 0.3) is 0 Å². The number of ether oxygens (including phenoxy) is 3. The number of hydrogen-bond donors (Lipinski definition) is 1. The van der Waals surface area contributed by atoms with Crippen LogP contribution < -0.4 is 14.8 Å². The van der Waals surface area contributed by atoms with Crippen LogP contribution in [0.3, 0.4) is 0 Å². The smallest absolute Gasteiger partial charge is 0.337 e. The van der Waals surface area contributed by atoms with Crippen molar-refractivity contribution in [1.82, 2.24) is 0 Å². The van der Waals surface area contributed by atoms with Crippen molar-refractivity contribution in [2.45, 2.75) is 20.5 Å². The van der Waals surface area contributed by atoms with E-state index in [4.69, 9.17) is 9.47 Å². The molecule has 3 aromatic rings. The molecular weight excluding hydrogens is 394 g/mol. The average molecular weight is 419 g/mol. The first-order valence-corrected chi connectivity index (χ1v) is 9.95. The zero-order chi connectivity index (χ0) is 22.2. The lowest BCUT2D eigenvalue weighted by Gasteiger charge is -2.14. The van der Waals surface area contributed by atoms with Crippen molar-refractivity contribution >= 4 is 17.6 Å². The summed E-state index contributed by atoms with van der Waals surface area (Å²) in [6.07, 6.45) is 0. The van der Waals surface area contributed by atoms with Gasteiger partial charge in [-0.1, -0.05) is 12.1 Å². The van der Waals surface area contributed by atoms with Gasteiger partial charge in [0.15, 0.2) is 0 Å². The number of methoxy groups -OCH3 is 1. The van der Waals surface area contributed by atoms with E-state index in [0.29, 0.717) is 29.2 Å². The molecule has 0 radical (unpaired) electrons. The van der Waals surface area contributed by atoms with Gasteiger partial charge < -0.3 is 19.5 Å². The maximum absolute atomic E-state index is 12.7. The number of hydrogen-bond acceptors (Lipinski definition) is 5. The fourth-order valence-electron chi connectivity index (χ4n) is 3.01. The first-order chi connectivity index (χ1) is 15.0. The Morgan fingerprint density at radius 1 is 0.903 bits per heavy atom. The molecule has 0 aliphatic heterocycles. The van der Waals surface area contributed by atoms with Gasteiger partial charge in [0.25, 0.3) is 5.91 Å². The molecule has 0 saturated heterocycles. The van der Waals surface area contributed by atoms with E-state index in [1.807, 2.05) is 38.1 Å². The SMILES string of the molecule is CCOc1ccc(C(=O)Nc2ccc(C(=O)OC)cc2)cc1COc1cccc(C)c1. The molecular formula is C25H25NO5. The minimum Gasteiger partial charge on any atom is -0.493 e. The van der Waals surface area contributed by atoms with Crippen molar-refractivity contribution in [3.05, 3.63) is 89.0 Å². The number of rotatable bonds is 8. The Balaban J connectivity index is 1.75. The van der Waals surface area contributed by atoms with Gasteiger partial charge in [0.2, 0.25) is 0 Å². The first-order valence-electron chi connectivity index (χ1n) is 9.95. The summed E-state index contributed by atoms with van der Waals surface area (Å²) < 4.78 is 16.3. The van der Waals surface area contributed by atoms with E-state index >= 15 is 0 Å². The lowest BCUT2D eigenvalue weighted by Crippen LogP contribution is -2.13. The largest absolute Gasteiger partial charge is 0.493 e. The summed E-state index contributed by atoms with van der Waals surface area (Å²) >= 11 is 0. The fraction of sp³-hybridized carbons (Fsp3) is 0.200. The summed E-state index contributed by atoms with van der Waals surface area (Å²) in [7, 11) is 1.32. The molecule has 0 heterocycles. The van der Waals surface area contributed by atoms with Crippen molar-refractivity contribution in [1.29, 1.82) is 0 Å². The summed E-state index contributed by atoms with van der Waals surface area (Å²) in [4.78, 5) is 24.3. The molecule has 160 valence electrons. The summed E-state index contributed by atoms with van der Waals surface area (Å²) in [5.74, 6) is 0.727. The Kier molecular flexibility index (Phi) is 7.27. The highest BCUT2D eigenvalue weighted by Gasteiger charge is 2.13. The van der Waals surface area contributed by atoms with Crippen LogP contribution in [0.15, 0.2) is 66.7 Å². The minimum absolute atomic E-state index is 0.272. The Hall–Kier alpha value is -3.80. The molecule has 0 atom stereocenters. The third-order valence-corrected chi connectivity index (χ3v) is 4.57. The second-order valence-electron chi connectivity index (χ2n) is 6.88. The Labute approximate surface area is 181 Å². The van der Waals surface area contributed by atoms with Crippen molar-refractivity contribution < 1.29 is 23.8 Å². The van der Waals surface area contributed by atoms with Gasteiger partial charge in [-0.05, 0) is 74.0 Å². The van der Waals surface area contributed by atoms with Gasteiger partial charge in [0, 0.05) is 16.8 Å². The fourth-order valence-corrected chi connectivity index (χ4v) is 3.01. The number of anilines is 1. The molecule has 0 saturated carbocycles. The standard InChI is InChI=1S/C25H25NO5/c1-4-30-23-13-10-19(15-20(23)16-31-22-7-5-6-17(2)14-22)24(27)26-21-11-8-18(9-12-21)25(28)29-3/h5-15H,4,16H2,1-3H3,(H,26,27). The number of amides is 1. The predicted molar refractivity (Wildman–Crippen MR) is 119 cm³/mol. The number of carbonyl (C=O) groups is 2. The molecule has 1 amide bonds. The molecule has 3 rings (SSSR count). The molecule has 0 spiro atoms. The minimum atomic E-state index is -0.428. The van der Waals surface area contributed by atoms with Crippen molar-refractivity contribution in [3.8, 4) is 11.5 Å². The average Bonchev–Trinajstić information content (AvgIpc) is 2.78. The van der Waals surface area contributed by atoms with Crippen molar-refractivity contribution in [3.63, 3.8) is 0 Å². The maximum atomic E-state index is 12.7. The van der Waals surface area contributed by atoms with E-state index in [1.54, 1.807) is 42.5 Å². The predicted octanol–water partition coefficient (Wildman–Crippen LogP) is 5.01. The van der Waals surface area contributed by atoms with Crippen molar-refractivity contribution in [2.75, 3.05) is 19.0 Å². The molecule has 6 heteroatoms. The van der Waals surface area contributed by atoms with E-state index in [9.17, 15) is 9.59 Å². The van der Waals surface area contributed by atoms with Gasteiger partial charge in [0.1, 0.15) is 18.1 Å². The first kappa shape index (κ1) is 21.9. The molecule has 0 unspecified atom stereocenters. The van der Waals surface area contributed by atoms with Crippen LogP contribution in [0.4, 0.5) is 5.69 Å². The van der Waals surface area contributed by atoms with Crippen LogP contribution in [-0.2, 0) is 11.3 Å². The van der Waals surface area contributed by atoms with Crippen LogP contribution in [-0.4, -0.2) is 25.6 Å². The van der Waals surface area contributed by atoms with E-state index < -0.39 is 5.97 Å². The summed E-state index contributed by atoms with van der Waals surface area (Å²) in [6, 6.07) is 19.5. The Bertz CT molecular complexity index is 1060. The summed E-state index contributed by atoms with van der Waals surface area (Å²) in [5.41, 5.74) is 3.34. The zero-order valence-corrected chi connectivity index (χ0v) is 17.8. The van der Waals surface area contributed by atoms with E-state index in [0.717, 1.165) is 16.9 Å². The quantitative estimate of drug-likeness (QED) is 0.520. The summed E-state index contributed by atoms with van der Waals surface area (Å²) in [6.45, 7) is 4.69. The monoisotopic (exact) mass is 419 g/mol. The van der Waals surface area contributed by atoms with E-state index in [2.05, 4.69) is 10.1 Å². The molecule has 31 heavy (non-hydrogen) atoms. The van der Waals surface area contributed by atoms with Gasteiger partial charge in [-0.2, -0.15) is 0 Å². The summed E-state index contributed by atoms with van der Waals surface area (Å²) in [5, 5.41) is 2.83. The van der Waals surface area contributed by atoms with Gasteiger partial charge >= 0.3 is 5.97 Å². The van der Waals surface area contributed by atoms with Gasteiger partial charge in [-0.3, -0.25) is 4.79 Å². The zero-order valence-electron chi connectivity index (χ0n) is 17.8. The molecule has 0 aliphatic rings. The maximum Gasteiger partial charge on any atom is 0.337 e. The van der Waals surface area contributed by atoms with Crippen LogP contribution >= 0.6 is 0 Å². The Morgan fingerprint density at radius 3 is 2.32 bits per heavy atom. The third-order valence-electron chi connectivity index (χ3n) is 4.57. The molecule has 0 fully saturated rings. The van der Waals surface area contributed by atoms with Gasteiger partial charge in [0.05, 0.1) is 19.3 Å². The molecule has 0 aromatic heterocycles. The Morgan fingerprint density at radius 2 is 1.65 bits per heavy atom. The highest BCUT2D eigenvalue weighted by molar-refractivity contribution is 6.04. The molecule has 6 nitrogen and oxygen atoms in total. The lowest BCUT2D eigenvalue weighted by molar-refractivity contribution is 0.0600. The number of carbonyl (C=O) groups excluding carboxylic acids is 2. The second-order valence-corrected chi connectivity index (χ2v) is 6.88. The molecule has 3 aromatic carbocycles. The number of benzene rings is 3. The molecule has 1 N–H and O–H groups in total. The van der Waals surface area contributed by atoms with Crippen molar-refractivity contribution in [2.24, 2.45) is 0 Å². The highest BCUT2D eigenvalue weighted by atomic mass is 16.5. The third kappa shape index (κ3) is 5.85.